The highest BCUT2D eigenvalue weighted by molar-refractivity contribution is 6.21. The number of benzene rings is 7. The summed E-state index contributed by atoms with van der Waals surface area (Å²) in [5.41, 5.74) is -3.61. The number of fused-ring (bicyclic) bond motifs is 3. The van der Waals surface area contributed by atoms with E-state index in [1.165, 1.54) is 0 Å². The molecule has 0 aliphatic heterocycles. The van der Waals surface area contributed by atoms with Gasteiger partial charge in [-0.25, -0.2) is 0 Å². The summed E-state index contributed by atoms with van der Waals surface area (Å²) in [6, 6.07) is -18.3. The van der Waals surface area contributed by atoms with Gasteiger partial charge in [0, 0.05) is 0 Å². The van der Waals surface area contributed by atoms with Gasteiger partial charge in [-0.3, -0.25) is 0 Å². The first kappa shape index (κ1) is 7.91. The summed E-state index contributed by atoms with van der Waals surface area (Å²) in [7, 11) is 0. The highest BCUT2D eigenvalue weighted by Gasteiger charge is 2.16. The van der Waals surface area contributed by atoms with Gasteiger partial charge in [-0.2, -0.15) is 0 Å². The number of hydrogen-bond donors (Lipinski definition) is 0. The fraction of sp³-hybridized carbons (Fsp3) is 0. The highest BCUT2D eigenvalue weighted by atomic mass is 14.2. The van der Waals surface area contributed by atoms with Gasteiger partial charge in [0.15, 0.2) is 0 Å². The molecule has 0 bridgehead atoms. The monoisotopic (exact) mass is 479 g/mol. The average Bonchev–Trinajstić information content (AvgIpc) is 3.20. The van der Waals surface area contributed by atoms with Crippen LogP contribution in [0.5, 0.6) is 0 Å². The quantitative estimate of drug-likeness (QED) is 0.221. The summed E-state index contributed by atoms with van der Waals surface area (Å²) in [4.78, 5) is 0. The fourth-order valence-electron chi connectivity index (χ4n) is 4.07. The van der Waals surface area contributed by atoms with E-state index in [-0.39, 0.29) is 5.39 Å². The van der Waals surface area contributed by atoms with Crippen molar-refractivity contribution in [1.29, 1.82) is 0 Å². The van der Waals surface area contributed by atoms with Crippen molar-refractivity contribution in [2.45, 2.75) is 0 Å². The summed E-state index contributed by atoms with van der Waals surface area (Å²) in [5.74, 6) is 0. The van der Waals surface area contributed by atoms with Gasteiger partial charge < -0.3 is 0 Å². The highest BCUT2D eigenvalue weighted by Crippen LogP contribution is 2.44. The first-order valence-corrected chi connectivity index (χ1v) is 10.6. The van der Waals surface area contributed by atoms with Crippen LogP contribution in [-0.4, -0.2) is 0 Å². The van der Waals surface area contributed by atoms with E-state index in [1.807, 2.05) is 0 Å². The zero-order chi connectivity index (χ0) is 43.9. The van der Waals surface area contributed by atoms with Gasteiger partial charge in [-0.1, -0.05) is 133 Å². The minimum Gasteiger partial charge on any atom is -0.0622 e. The maximum Gasteiger partial charge on any atom is 0.0636 e. The molecule has 0 amide bonds. The molecule has 0 nitrogen and oxygen atoms in total. The minimum atomic E-state index is -0.938. The molecule has 0 unspecified atom stereocenters. The van der Waals surface area contributed by atoms with Crippen LogP contribution in [-0.2, 0) is 0 Å². The molecule has 168 valence electrons. The normalized spacial score (nSPS) is 20.3. The topological polar surface area (TPSA) is 0 Å². The van der Waals surface area contributed by atoms with Crippen molar-refractivity contribution >= 4 is 32.3 Å². The number of rotatable bonds is 3. The Bertz CT molecular complexity index is 3070. The van der Waals surface area contributed by atoms with Gasteiger partial charge in [0.2, 0.25) is 0 Å². The molecule has 7 aromatic rings. The third-order valence-corrected chi connectivity index (χ3v) is 5.58. The van der Waals surface area contributed by atoms with E-state index in [0.717, 1.165) is 6.07 Å². The fourth-order valence-corrected chi connectivity index (χ4v) is 4.07. The molecule has 0 aromatic heterocycles. The molecule has 0 aliphatic carbocycles. The van der Waals surface area contributed by atoms with Gasteiger partial charge in [0.25, 0.3) is 0 Å². The van der Waals surface area contributed by atoms with E-state index < -0.39 is 199 Å². The zero-order valence-electron chi connectivity index (χ0n) is 41.1. The largest absolute Gasteiger partial charge is 0.0636 e. The van der Waals surface area contributed by atoms with Crippen LogP contribution in [0.2, 0.25) is 0 Å². The van der Waals surface area contributed by atoms with Crippen LogP contribution in [0.3, 0.4) is 0 Å². The SMILES string of the molecule is [2H]c1cc2c(-c3c([2H])c([2H])c([2H])c([2H])c3[2H])c3c([2H])c([2H])c([2H])c([2H])c3c(-c3c([2H])c([2H])c4c([2H])c(-c5c([2H])c([2H])c([2H])c([2H])c5[2H])c([2H])c([2H])c4c3[2H])c2c([2H])c1[2H]. The second-order valence-electron chi connectivity index (χ2n) is 7.58. The molecule has 0 fully saturated rings. The second kappa shape index (κ2) is 8.52. The van der Waals surface area contributed by atoms with Crippen molar-refractivity contribution in [3.8, 4) is 33.4 Å². The molecule has 36 heavy (non-hydrogen) atoms. The lowest BCUT2D eigenvalue weighted by Crippen LogP contribution is -1.90. The minimum absolute atomic E-state index is 0.363. The van der Waals surface area contributed by atoms with Crippen LogP contribution >= 0.6 is 0 Å². The third-order valence-electron chi connectivity index (χ3n) is 5.58. The maximum atomic E-state index is 9.49. The van der Waals surface area contributed by atoms with Gasteiger partial charge >= 0.3 is 0 Å². The maximum absolute atomic E-state index is 9.49. The van der Waals surface area contributed by atoms with Crippen molar-refractivity contribution in [3.05, 3.63) is 145 Å². The van der Waals surface area contributed by atoms with Crippen LogP contribution in [0, 0.1) is 0 Å². The summed E-state index contributed by atoms with van der Waals surface area (Å²) in [5, 5.41) is -3.25. The Morgan fingerprint density at radius 1 is 0.333 bits per heavy atom. The van der Waals surface area contributed by atoms with Crippen molar-refractivity contribution < 1.29 is 31.5 Å². The summed E-state index contributed by atoms with van der Waals surface area (Å²) in [6.45, 7) is 0. The van der Waals surface area contributed by atoms with E-state index in [0.29, 0.717) is 0 Å². The van der Waals surface area contributed by atoms with Crippen LogP contribution in [0.25, 0.3) is 65.7 Å². The first-order valence-electron chi connectivity index (χ1n) is 22.1. The van der Waals surface area contributed by atoms with Gasteiger partial charge in [0.1, 0.15) is 0 Å². The van der Waals surface area contributed by atoms with Crippen molar-refractivity contribution in [2.75, 3.05) is 0 Å². The van der Waals surface area contributed by atoms with E-state index in [9.17, 15) is 4.11 Å². The van der Waals surface area contributed by atoms with Crippen molar-refractivity contribution in [1.82, 2.24) is 0 Å². The van der Waals surface area contributed by atoms with Gasteiger partial charge in [0.05, 0.1) is 31.5 Å². The van der Waals surface area contributed by atoms with Crippen LogP contribution in [0.4, 0.5) is 0 Å². The molecule has 0 radical (unpaired) electrons. The lowest BCUT2D eigenvalue weighted by atomic mass is 9.85. The Hall–Kier alpha value is -4.68. The lowest BCUT2D eigenvalue weighted by Gasteiger charge is -2.18. The lowest BCUT2D eigenvalue weighted by molar-refractivity contribution is 1.64. The molecule has 0 aliphatic rings. The van der Waals surface area contributed by atoms with Crippen molar-refractivity contribution in [3.63, 3.8) is 0 Å². The molecule has 0 spiro atoms. The molecule has 0 heteroatoms. The standard InChI is InChI=1S/C36H24/c1-3-11-25(12-4-1)27-19-20-29-24-30(22-21-28(29)23-27)36-33-17-9-7-15-31(33)35(26-13-5-2-6-14-26)32-16-8-10-18-34(32)36/h1-24H/i1D,2D,3D,4D,5D,6D,7D,8D,9D,10D,11D,12D,13D,14D,15D,17D,18D,19D,20D,21D,22D,23D,24D. The van der Waals surface area contributed by atoms with Crippen LogP contribution in [0.1, 0.15) is 31.5 Å². The molecule has 0 saturated heterocycles. The third kappa shape index (κ3) is 3.39. The average molecular weight is 480 g/mol. The first-order chi connectivity index (χ1) is 27.4. The molecular formula is C36H24. The van der Waals surface area contributed by atoms with Crippen LogP contribution < -0.4 is 0 Å². The molecule has 0 atom stereocenters. The predicted molar refractivity (Wildman–Crippen MR) is 155 cm³/mol. The zero-order valence-corrected chi connectivity index (χ0v) is 18.1. The predicted octanol–water partition coefficient (Wildman–Crippen LogP) is 10.1. The summed E-state index contributed by atoms with van der Waals surface area (Å²) >= 11 is 0. The Morgan fingerprint density at radius 3 is 1.47 bits per heavy atom. The van der Waals surface area contributed by atoms with E-state index in [1.54, 1.807) is 0 Å². The molecule has 0 saturated carbocycles. The summed E-state index contributed by atoms with van der Waals surface area (Å²) < 4.78 is 200. The summed E-state index contributed by atoms with van der Waals surface area (Å²) in [6.07, 6.45) is 0. The molecule has 0 heterocycles. The van der Waals surface area contributed by atoms with Crippen LogP contribution in [0.15, 0.2) is 145 Å². The molecular weight excluding hydrogens is 432 g/mol. The van der Waals surface area contributed by atoms with Gasteiger partial charge in [-0.15, -0.1) is 0 Å². The Kier molecular flexibility index (Phi) is 1.87. The Morgan fingerprint density at radius 2 is 0.806 bits per heavy atom. The molecule has 7 rings (SSSR count). The Balaban J connectivity index is 1.80. The molecule has 7 aromatic carbocycles. The van der Waals surface area contributed by atoms with E-state index in [2.05, 4.69) is 0 Å². The Labute approximate surface area is 243 Å². The van der Waals surface area contributed by atoms with Gasteiger partial charge in [-0.05, 0) is 77.8 Å². The molecule has 0 N–H and O–H groups in total. The van der Waals surface area contributed by atoms with Crippen molar-refractivity contribution in [2.24, 2.45) is 0 Å². The van der Waals surface area contributed by atoms with E-state index in [4.69, 9.17) is 27.4 Å². The second-order valence-corrected chi connectivity index (χ2v) is 7.58. The number of hydrogen-bond acceptors (Lipinski definition) is 0. The smallest absolute Gasteiger partial charge is 0.0622 e. The van der Waals surface area contributed by atoms with E-state index >= 15 is 0 Å².